The number of hydrogen-bond donors (Lipinski definition) is 3. The Labute approximate surface area is 275 Å². The van der Waals surface area contributed by atoms with Gasteiger partial charge in [-0.2, -0.15) is 0 Å². The molecule has 1 aliphatic heterocycles. The van der Waals surface area contributed by atoms with Crippen LogP contribution < -0.4 is 25.4 Å². The third-order valence-corrected chi connectivity index (χ3v) is 7.36. The van der Waals surface area contributed by atoms with Gasteiger partial charge in [-0.15, -0.1) is 0 Å². The molecule has 1 heterocycles. The summed E-state index contributed by atoms with van der Waals surface area (Å²) in [6, 6.07) is 21.7. The van der Waals surface area contributed by atoms with E-state index in [1.54, 1.807) is 37.3 Å². The second kappa shape index (κ2) is 17.4. The zero-order valence-electron chi connectivity index (χ0n) is 26.8. The van der Waals surface area contributed by atoms with E-state index in [2.05, 4.69) is 16.0 Å². The first-order valence-corrected chi connectivity index (χ1v) is 15.6. The minimum absolute atomic E-state index is 0.148. The van der Waals surface area contributed by atoms with E-state index in [4.69, 9.17) is 14.2 Å². The molecule has 0 saturated heterocycles. The Morgan fingerprint density at radius 2 is 1.45 bits per heavy atom. The van der Waals surface area contributed by atoms with E-state index in [1.165, 1.54) is 12.2 Å². The van der Waals surface area contributed by atoms with Crippen LogP contribution in [-0.2, 0) is 36.8 Å². The highest BCUT2D eigenvalue weighted by Gasteiger charge is 2.29. The molecular weight excluding hydrogens is 598 g/mol. The van der Waals surface area contributed by atoms with E-state index in [0.29, 0.717) is 17.9 Å². The van der Waals surface area contributed by atoms with Crippen molar-refractivity contribution in [3.05, 3.63) is 114 Å². The summed E-state index contributed by atoms with van der Waals surface area (Å²) >= 11 is 0. The average Bonchev–Trinajstić information content (AvgIpc) is 3.54. The summed E-state index contributed by atoms with van der Waals surface area (Å²) < 4.78 is 15.7. The number of carbonyl (C=O) groups excluding carboxylic acids is 4. The Bertz CT molecular complexity index is 1570. The van der Waals surface area contributed by atoms with Crippen LogP contribution >= 0.6 is 0 Å². The lowest BCUT2D eigenvalue weighted by molar-refractivity contribution is -0.137. The first kappa shape index (κ1) is 34.5. The monoisotopic (exact) mass is 639 g/mol. The summed E-state index contributed by atoms with van der Waals surface area (Å²) in [7, 11) is 0. The van der Waals surface area contributed by atoms with E-state index in [0.717, 1.165) is 16.7 Å². The van der Waals surface area contributed by atoms with Gasteiger partial charge in [0.25, 0.3) is 0 Å². The largest absolute Gasteiger partial charge is 0.463 e. The molecule has 1 aliphatic rings. The second-order valence-electron chi connectivity index (χ2n) is 11.3. The van der Waals surface area contributed by atoms with Gasteiger partial charge in [-0.05, 0) is 54.2 Å². The van der Waals surface area contributed by atoms with Gasteiger partial charge in [-0.1, -0.05) is 86.7 Å². The van der Waals surface area contributed by atoms with Gasteiger partial charge in [-0.25, -0.2) is 4.79 Å². The lowest BCUT2D eigenvalue weighted by Crippen LogP contribution is -2.56. The van der Waals surface area contributed by atoms with Crippen molar-refractivity contribution < 1.29 is 33.4 Å². The molecule has 3 atom stereocenters. The summed E-state index contributed by atoms with van der Waals surface area (Å²) in [5, 5.41) is 8.64. The predicted molar refractivity (Wildman–Crippen MR) is 178 cm³/mol. The molecule has 10 heteroatoms. The topological polar surface area (TPSA) is 132 Å². The van der Waals surface area contributed by atoms with Gasteiger partial charge >= 0.3 is 5.97 Å². The van der Waals surface area contributed by atoms with Gasteiger partial charge in [0.1, 0.15) is 12.1 Å². The maximum atomic E-state index is 13.8. The summed E-state index contributed by atoms with van der Waals surface area (Å²) in [5.41, 5.74) is 2.52. The van der Waals surface area contributed by atoms with E-state index < -0.39 is 41.8 Å². The third-order valence-electron chi connectivity index (χ3n) is 7.36. The van der Waals surface area contributed by atoms with E-state index in [-0.39, 0.29) is 25.7 Å². The van der Waals surface area contributed by atoms with Crippen LogP contribution in [0.1, 0.15) is 37.5 Å². The van der Waals surface area contributed by atoms with Gasteiger partial charge < -0.3 is 30.2 Å². The van der Waals surface area contributed by atoms with Crippen LogP contribution in [0, 0.1) is 5.92 Å². The number of fused-ring (bicyclic) bond motifs is 1. The number of benzene rings is 3. The molecule has 0 unspecified atom stereocenters. The zero-order chi connectivity index (χ0) is 33.6. The predicted octanol–water partition coefficient (Wildman–Crippen LogP) is 4.14. The molecule has 0 aromatic heterocycles. The lowest BCUT2D eigenvalue weighted by atomic mass is 10.00. The normalized spacial score (nSPS) is 14.0. The van der Waals surface area contributed by atoms with Crippen LogP contribution in [0.5, 0.6) is 11.5 Å². The van der Waals surface area contributed by atoms with Crippen molar-refractivity contribution in [2.75, 3.05) is 13.4 Å². The number of esters is 1. The number of rotatable bonds is 15. The smallest absolute Gasteiger partial charge is 0.330 e. The van der Waals surface area contributed by atoms with Crippen molar-refractivity contribution in [3.8, 4) is 11.5 Å². The summed E-state index contributed by atoms with van der Waals surface area (Å²) in [6.45, 7) is 5.72. The van der Waals surface area contributed by atoms with E-state index >= 15 is 0 Å². The van der Waals surface area contributed by atoms with Crippen LogP contribution in [0.3, 0.4) is 0 Å². The second-order valence-corrected chi connectivity index (χ2v) is 11.3. The number of carbonyl (C=O) groups is 4. The van der Waals surface area contributed by atoms with Gasteiger partial charge in [0, 0.05) is 18.6 Å². The Hall–Kier alpha value is -5.38. The van der Waals surface area contributed by atoms with E-state index in [9.17, 15) is 19.2 Å². The molecule has 0 aliphatic carbocycles. The highest BCUT2D eigenvalue weighted by Crippen LogP contribution is 2.32. The SMILES string of the molecule is CCOC(=O)/C=C/[C@H](Cc1ccccc1)NC(=O)[C@H](Cc1ccccc1)NC(=O)[C@@H](NC(=O)/C=C/c1ccc2c(c1)OCO2)C(C)C. The molecule has 246 valence electrons. The Morgan fingerprint density at radius 3 is 2.11 bits per heavy atom. The minimum Gasteiger partial charge on any atom is -0.463 e. The number of nitrogens with one attached hydrogen (secondary N) is 3. The van der Waals surface area contributed by atoms with Crippen LogP contribution in [0.4, 0.5) is 0 Å². The summed E-state index contributed by atoms with van der Waals surface area (Å²) in [6.07, 6.45) is 6.47. The summed E-state index contributed by atoms with van der Waals surface area (Å²) in [4.78, 5) is 52.5. The molecule has 0 fully saturated rings. The molecule has 3 aromatic rings. The molecule has 4 rings (SSSR count). The average molecular weight is 640 g/mol. The molecule has 47 heavy (non-hydrogen) atoms. The zero-order valence-corrected chi connectivity index (χ0v) is 26.8. The van der Waals surface area contributed by atoms with Gasteiger partial charge in [0.2, 0.25) is 24.5 Å². The van der Waals surface area contributed by atoms with Gasteiger partial charge in [-0.3, -0.25) is 14.4 Å². The first-order valence-electron chi connectivity index (χ1n) is 15.6. The standard InChI is InChI=1S/C37H41N3O7/c1-4-45-34(42)20-17-29(21-26-11-7-5-8-12-26)38-36(43)30(22-27-13-9-6-10-14-27)39-37(44)35(25(2)3)40-33(41)19-16-28-15-18-31-32(23-28)47-24-46-31/h5-20,23,25,29-30,35H,4,21-22,24H2,1-3H3,(H,38,43)(H,39,44)(H,40,41)/b19-16+,20-17+/t29-,30+,35+/m1/s1. The molecule has 3 aromatic carbocycles. The van der Waals surface area contributed by atoms with Crippen LogP contribution in [-0.4, -0.2) is 55.2 Å². The van der Waals surface area contributed by atoms with Crippen LogP contribution in [0.15, 0.2) is 97.1 Å². The van der Waals surface area contributed by atoms with Crippen molar-refractivity contribution in [2.24, 2.45) is 5.92 Å². The van der Waals surface area contributed by atoms with Crippen molar-refractivity contribution in [1.82, 2.24) is 16.0 Å². The molecular formula is C37H41N3O7. The Morgan fingerprint density at radius 1 is 0.787 bits per heavy atom. The molecule has 0 bridgehead atoms. The molecule has 10 nitrogen and oxygen atoms in total. The number of ether oxygens (including phenoxy) is 3. The molecule has 0 radical (unpaired) electrons. The molecule has 3 amide bonds. The Kier molecular flexibility index (Phi) is 12.7. The van der Waals surface area contributed by atoms with Crippen LogP contribution in [0.25, 0.3) is 6.08 Å². The number of amides is 3. The molecule has 3 N–H and O–H groups in total. The fourth-order valence-corrected chi connectivity index (χ4v) is 4.95. The van der Waals surface area contributed by atoms with Crippen molar-refractivity contribution >= 4 is 29.8 Å². The Balaban J connectivity index is 1.48. The molecule has 0 saturated carbocycles. The lowest BCUT2D eigenvalue weighted by Gasteiger charge is -2.26. The van der Waals surface area contributed by atoms with E-state index in [1.807, 2.05) is 74.5 Å². The molecule has 0 spiro atoms. The minimum atomic E-state index is -0.971. The fourth-order valence-electron chi connectivity index (χ4n) is 4.95. The van der Waals surface area contributed by atoms with Crippen LogP contribution in [0.2, 0.25) is 0 Å². The van der Waals surface area contributed by atoms with Gasteiger partial charge in [0.15, 0.2) is 11.5 Å². The van der Waals surface area contributed by atoms with Crippen molar-refractivity contribution in [3.63, 3.8) is 0 Å². The van der Waals surface area contributed by atoms with Gasteiger partial charge in [0.05, 0.1) is 12.6 Å². The highest BCUT2D eigenvalue weighted by atomic mass is 16.7. The highest BCUT2D eigenvalue weighted by molar-refractivity contribution is 5.97. The van der Waals surface area contributed by atoms with Crippen molar-refractivity contribution in [2.45, 2.75) is 51.7 Å². The summed E-state index contributed by atoms with van der Waals surface area (Å²) in [5.74, 6) is -0.965. The maximum absolute atomic E-state index is 13.8. The fraction of sp³-hybridized carbons (Fsp3) is 0.297. The maximum Gasteiger partial charge on any atom is 0.330 e. The number of hydrogen-bond acceptors (Lipinski definition) is 7. The first-order chi connectivity index (χ1) is 22.7. The van der Waals surface area contributed by atoms with Crippen molar-refractivity contribution in [1.29, 1.82) is 0 Å². The quantitative estimate of drug-likeness (QED) is 0.168. The third kappa shape index (κ3) is 10.9.